The van der Waals surface area contributed by atoms with Gasteiger partial charge in [0.1, 0.15) is 31.9 Å². The van der Waals surface area contributed by atoms with Gasteiger partial charge in [0.25, 0.3) is 0 Å². The third-order valence-electron chi connectivity index (χ3n) is 4.91. The van der Waals surface area contributed by atoms with Crippen LogP contribution in [-0.2, 0) is 10.2 Å². The number of hydrogen-bond acceptors (Lipinski definition) is 2. The molecule has 0 unspecified atom stereocenters. The van der Waals surface area contributed by atoms with E-state index >= 15 is 0 Å². The Hall–Kier alpha value is -1.10. The second kappa shape index (κ2) is 10.1. The van der Waals surface area contributed by atoms with Crippen molar-refractivity contribution in [2.75, 3.05) is 52.5 Å². The molecule has 1 aromatic carbocycles. The Balaban J connectivity index is 1.58. The van der Waals surface area contributed by atoms with E-state index in [0.717, 1.165) is 32.0 Å². The van der Waals surface area contributed by atoms with Crippen molar-refractivity contribution in [3.05, 3.63) is 29.3 Å². The van der Waals surface area contributed by atoms with Crippen LogP contribution >= 0.6 is 0 Å². The maximum atomic E-state index is 6.09. The number of nitrogens with one attached hydrogen (secondary N) is 1. The summed E-state index contributed by atoms with van der Waals surface area (Å²) in [4.78, 5) is 1.69. The van der Waals surface area contributed by atoms with Gasteiger partial charge in [-0.3, -0.25) is 0 Å². The Morgan fingerprint density at radius 1 is 1.12 bits per heavy atom. The molecule has 1 fully saturated rings. The van der Waals surface area contributed by atoms with Gasteiger partial charge >= 0.3 is 0 Å². The highest BCUT2D eigenvalue weighted by Crippen LogP contribution is 2.32. The Kier molecular flexibility index (Phi) is 8.20. The van der Waals surface area contributed by atoms with E-state index in [1.165, 1.54) is 50.3 Å². The molecule has 142 valence electrons. The van der Waals surface area contributed by atoms with Gasteiger partial charge in [-0.15, -0.1) is 0 Å². The van der Waals surface area contributed by atoms with Gasteiger partial charge in [0.2, 0.25) is 0 Å². The smallest absolute Gasteiger partial charge is 0.127 e. The van der Waals surface area contributed by atoms with Crippen LogP contribution < -0.4 is 15.0 Å². The molecule has 1 aliphatic heterocycles. The van der Waals surface area contributed by atoms with E-state index in [1.807, 2.05) is 0 Å². The van der Waals surface area contributed by atoms with Gasteiger partial charge in [-0.2, -0.15) is 0 Å². The molecule has 0 radical (unpaired) electrons. The Labute approximate surface area is 153 Å². The fourth-order valence-electron chi connectivity index (χ4n) is 3.29. The molecule has 0 spiro atoms. The molecule has 0 amide bonds. The topological polar surface area (TPSA) is 39.5 Å². The molecule has 3 N–H and O–H groups in total. The lowest BCUT2D eigenvalue weighted by atomic mass is 9.85. The molecular formula is C21H38N2O2+2. The molecule has 1 heterocycles. The molecule has 0 saturated carbocycles. The van der Waals surface area contributed by atoms with Crippen molar-refractivity contribution in [2.24, 2.45) is 0 Å². The van der Waals surface area contributed by atoms with Crippen molar-refractivity contribution in [1.29, 1.82) is 0 Å². The summed E-state index contributed by atoms with van der Waals surface area (Å²) in [6.07, 6.45) is 2.34. The van der Waals surface area contributed by atoms with Crippen LogP contribution in [0.15, 0.2) is 18.2 Å². The predicted molar refractivity (Wildman–Crippen MR) is 103 cm³/mol. The first kappa shape index (κ1) is 20.2. The third kappa shape index (κ3) is 7.35. The molecule has 4 nitrogen and oxygen atoms in total. The first-order valence-corrected chi connectivity index (χ1v) is 9.94. The van der Waals surface area contributed by atoms with Crippen LogP contribution in [0.1, 0.15) is 44.7 Å². The largest absolute Gasteiger partial charge is 0.493 e. The van der Waals surface area contributed by atoms with E-state index < -0.39 is 0 Å². The van der Waals surface area contributed by atoms with Crippen LogP contribution in [0.5, 0.6) is 5.75 Å². The van der Waals surface area contributed by atoms with E-state index in [4.69, 9.17) is 9.47 Å². The zero-order chi connectivity index (χ0) is 18.1. The Morgan fingerprint density at radius 2 is 1.88 bits per heavy atom. The number of benzene rings is 1. The van der Waals surface area contributed by atoms with Crippen molar-refractivity contribution < 1.29 is 19.7 Å². The molecule has 1 saturated heterocycles. The molecule has 0 atom stereocenters. The van der Waals surface area contributed by atoms with E-state index in [9.17, 15) is 0 Å². The molecule has 0 bridgehead atoms. The Bertz CT molecular complexity index is 505. The summed E-state index contributed by atoms with van der Waals surface area (Å²) in [5.41, 5.74) is 2.73. The normalized spacial score (nSPS) is 16.2. The number of quaternary nitrogens is 2. The quantitative estimate of drug-likeness (QED) is 0.651. The standard InChI is InChI=1S/C21H36N2O2/c1-18-7-8-20(19(17-18)21(2,3)4)25-14-6-5-9-22-10-11-23-12-15-24-16-13-23/h7-8,17,22H,5-6,9-16H2,1-4H3/p+2. The second-order valence-electron chi connectivity index (χ2n) is 8.28. The van der Waals surface area contributed by atoms with Crippen LogP contribution in [0, 0.1) is 6.92 Å². The summed E-state index contributed by atoms with van der Waals surface area (Å²) in [5.74, 6) is 1.05. The molecule has 4 heteroatoms. The van der Waals surface area contributed by atoms with E-state index in [-0.39, 0.29) is 5.41 Å². The maximum Gasteiger partial charge on any atom is 0.127 e. The van der Waals surface area contributed by atoms with E-state index in [0.29, 0.717) is 0 Å². The number of aryl methyl sites for hydroxylation is 1. The minimum atomic E-state index is 0.122. The minimum absolute atomic E-state index is 0.122. The van der Waals surface area contributed by atoms with E-state index in [1.54, 1.807) is 4.90 Å². The summed E-state index contributed by atoms with van der Waals surface area (Å²) < 4.78 is 11.5. The number of unbranched alkanes of at least 4 members (excludes halogenated alkanes) is 1. The van der Waals surface area contributed by atoms with Gasteiger partial charge in [-0.05, 0) is 36.8 Å². The summed E-state index contributed by atoms with van der Waals surface area (Å²) in [6, 6.07) is 6.54. The second-order valence-corrected chi connectivity index (χ2v) is 8.28. The van der Waals surface area contributed by atoms with Crippen molar-refractivity contribution in [1.82, 2.24) is 0 Å². The lowest BCUT2D eigenvalue weighted by molar-refractivity contribution is -0.919. The summed E-state index contributed by atoms with van der Waals surface area (Å²) in [5, 5.41) is 2.45. The lowest BCUT2D eigenvalue weighted by Gasteiger charge is -2.23. The predicted octanol–water partition coefficient (Wildman–Crippen LogP) is 0.930. The molecule has 1 aromatic rings. The third-order valence-corrected chi connectivity index (χ3v) is 4.91. The van der Waals surface area contributed by atoms with Crippen molar-refractivity contribution >= 4 is 0 Å². The number of rotatable bonds is 9. The minimum Gasteiger partial charge on any atom is -0.493 e. The number of morpholine rings is 1. The zero-order valence-corrected chi connectivity index (χ0v) is 16.7. The summed E-state index contributed by atoms with van der Waals surface area (Å²) in [6.45, 7) is 17.6. The van der Waals surface area contributed by atoms with Crippen LogP contribution in [0.25, 0.3) is 0 Å². The molecule has 0 aromatic heterocycles. The first-order valence-electron chi connectivity index (χ1n) is 9.94. The number of nitrogens with two attached hydrogens (primary N) is 1. The highest BCUT2D eigenvalue weighted by atomic mass is 16.5. The SMILES string of the molecule is Cc1ccc(OCCCC[NH2+]CC[NH+]2CCOCC2)c(C(C)(C)C)c1. The van der Waals surface area contributed by atoms with Gasteiger partial charge in [0.05, 0.1) is 26.4 Å². The molecule has 25 heavy (non-hydrogen) atoms. The van der Waals surface area contributed by atoms with Crippen LogP contribution in [0.4, 0.5) is 0 Å². The van der Waals surface area contributed by atoms with Gasteiger partial charge in [0, 0.05) is 0 Å². The van der Waals surface area contributed by atoms with Crippen LogP contribution in [0.2, 0.25) is 0 Å². The summed E-state index contributed by atoms with van der Waals surface area (Å²) >= 11 is 0. The molecular weight excluding hydrogens is 312 g/mol. The Morgan fingerprint density at radius 3 is 2.60 bits per heavy atom. The number of ether oxygens (including phenoxy) is 2. The lowest BCUT2D eigenvalue weighted by Crippen LogP contribution is -3.16. The number of hydrogen-bond donors (Lipinski definition) is 2. The molecule has 2 rings (SSSR count). The van der Waals surface area contributed by atoms with Gasteiger partial charge in [-0.25, -0.2) is 0 Å². The fourth-order valence-corrected chi connectivity index (χ4v) is 3.29. The van der Waals surface area contributed by atoms with Gasteiger partial charge in [-0.1, -0.05) is 38.5 Å². The van der Waals surface area contributed by atoms with Crippen LogP contribution in [-0.4, -0.2) is 52.5 Å². The monoisotopic (exact) mass is 350 g/mol. The average Bonchev–Trinajstić information content (AvgIpc) is 2.58. The fraction of sp³-hybridized carbons (Fsp3) is 0.714. The average molecular weight is 351 g/mol. The van der Waals surface area contributed by atoms with Gasteiger partial charge < -0.3 is 19.7 Å². The molecule has 0 aliphatic carbocycles. The van der Waals surface area contributed by atoms with Gasteiger partial charge in [0.15, 0.2) is 0 Å². The molecule has 1 aliphatic rings. The highest BCUT2D eigenvalue weighted by molar-refractivity contribution is 5.41. The summed E-state index contributed by atoms with van der Waals surface area (Å²) in [7, 11) is 0. The maximum absolute atomic E-state index is 6.09. The van der Waals surface area contributed by atoms with Crippen LogP contribution in [0.3, 0.4) is 0 Å². The highest BCUT2D eigenvalue weighted by Gasteiger charge is 2.19. The van der Waals surface area contributed by atoms with E-state index in [2.05, 4.69) is 51.2 Å². The van der Waals surface area contributed by atoms with Crippen molar-refractivity contribution in [2.45, 2.75) is 46.0 Å². The first-order chi connectivity index (χ1) is 12.0. The zero-order valence-electron chi connectivity index (χ0n) is 16.7. The van der Waals surface area contributed by atoms with Crippen molar-refractivity contribution in [3.63, 3.8) is 0 Å². The van der Waals surface area contributed by atoms with Crippen molar-refractivity contribution in [3.8, 4) is 5.75 Å².